The smallest absolute Gasteiger partial charge is 0.0665 e. The molecule has 1 rings (SSSR count). The van der Waals surface area contributed by atoms with E-state index in [-0.39, 0.29) is 6.10 Å². The number of aliphatic hydroxyl groups excluding tert-OH is 1. The van der Waals surface area contributed by atoms with Crippen LogP contribution in [0.5, 0.6) is 0 Å². The SMILES string of the molecule is OC(CBr)C1CCCC1. The third-order valence-corrected chi connectivity index (χ3v) is 2.77. The first-order chi connectivity index (χ1) is 4.34. The lowest BCUT2D eigenvalue weighted by atomic mass is 10.0. The molecule has 0 spiro atoms. The van der Waals surface area contributed by atoms with Crippen molar-refractivity contribution in [3.63, 3.8) is 0 Å². The second-order valence-corrected chi connectivity index (χ2v) is 3.41. The van der Waals surface area contributed by atoms with Crippen molar-refractivity contribution >= 4 is 15.9 Å². The molecule has 54 valence electrons. The molecule has 0 aromatic heterocycles. The van der Waals surface area contributed by atoms with E-state index in [2.05, 4.69) is 15.9 Å². The summed E-state index contributed by atoms with van der Waals surface area (Å²) in [6.45, 7) is 0. The topological polar surface area (TPSA) is 20.2 Å². The van der Waals surface area contributed by atoms with Crippen molar-refractivity contribution in [2.24, 2.45) is 5.92 Å². The molecule has 1 saturated carbocycles. The van der Waals surface area contributed by atoms with E-state index in [0.717, 1.165) is 5.33 Å². The molecule has 1 aliphatic carbocycles. The molecular weight excluding hydrogens is 180 g/mol. The number of hydrogen-bond donors (Lipinski definition) is 1. The molecule has 1 unspecified atom stereocenters. The Bertz CT molecular complexity index is 79.0. The number of alkyl halides is 1. The van der Waals surface area contributed by atoms with Crippen LogP contribution in [0.25, 0.3) is 0 Å². The van der Waals surface area contributed by atoms with Gasteiger partial charge in [0.05, 0.1) is 6.10 Å². The van der Waals surface area contributed by atoms with Gasteiger partial charge in [-0.05, 0) is 18.8 Å². The van der Waals surface area contributed by atoms with Crippen LogP contribution >= 0.6 is 15.9 Å². The molecule has 0 amide bonds. The zero-order chi connectivity index (χ0) is 6.69. The van der Waals surface area contributed by atoms with Crippen LogP contribution in [0.2, 0.25) is 0 Å². The Balaban J connectivity index is 2.24. The fourth-order valence-electron chi connectivity index (χ4n) is 1.47. The average Bonchev–Trinajstić information content (AvgIpc) is 2.37. The number of halogens is 1. The Hall–Kier alpha value is 0.440. The minimum absolute atomic E-state index is 0.0903. The van der Waals surface area contributed by atoms with Gasteiger partial charge in [-0.15, -0.1) is 0 Å². The number of aliphatic hydroxyl groups is 1. The summed E-state index contributed by atoms with van der Waals surface area (Å²) < 4.78 is 0. The van der Waals surface area contributed by atoms with Crippen molar-refractivity contribution in [3.8, 4) is 0 Å². The summed E-state index contributed by atoms with van der Waals surface area (Å²) >= 11 is 3.27. The Labute approximate surface area is 64.6 Å². The van der Waals surface area contributed by atoms with Gasteiger partial charge in [-0.1, -0.05) is 28.8 Å². The average molecular weight is 193 g/mol. The van der Waals surface area contributed by atoms with Crippen LogP contribution in [0, 0.1) is 5.92 Å². The first-order valence-electron chi connectivity index (χ1n) is 3.58. The van der Waals surface area contributed by atoms with Crippen molar-refractivity contribution in [2.75, 3.05) is 5.33 Å². The molecule has 1 atom stereocenters. The van der Waals surface area contributed by atoms with Gasteiger partial charge < -0.3 is 5.11 Å². The Morgan fingerprint density at radius 1 is 1.44 bits per heavy atom. The Kier molecular flexibility index (Phi) is 2.99. The molecule has 0 radical (unpaired) electrons. The van der Waals surface area contributed by atoms with E-state index in [4.69, 9.17) is 0 Å². The predicted octanol–water partition coefficient (Wildman–Crippen LogP) is 1.93. The number of rotatable bonds is 2. The van der Waals surface area contributed by atoms with E-state index in [1.807, 2.05) is 0 Å². The summed E-state index contributed by atoms with van der Waals surface area (Å²) in [7, 11) is 0. The Morgan fingerprint density at radius 3 is 2.44 bits per heavy atom. The summed E-state index contributed by atoms with van der Waals surface area (Å²) in [5.74, 6) is 0.587. The van der Waals surface area contributed by atoms with Crippen LogP contribution in [-0.4, -0.2) is 16.5 Å². The minimum atomic E-state index is -0.0903. The first-order valence-corrected chi connectivity index (χ1v) is 4.71. The highest BCUT2D eigenvalue weighted by molar-refractivity contribution is 9.09. The van der Waals surface area contributed by atoms with Gasteiger partial charge in [0.2, 0.25) is 0 Å². The van der Waals surface area contributed by atoms with Crippen LogP contribution < -0.4 is 0 Å². The van der Waals surface area contributed by atoms with E-state index in [0.29, 0.717) is 5.92 Å². The van der Waals surface area contributed by atoms with Gasteiger partial charge in [0, 0.05) is 5.33 Å². The molecular formula is C7H13BrO. The molecule has 0 bridgehead atoms. The summed E-state index contributed by atoms with van der Waals surface area (Å²) in [4.78, 5) is 0. The lowest BCUT2D eigenvalue weighted by Gasteiger charge is -2.13. The first kappa shape index (κ1) is 7.55. The van der Waals surface area contributed by atoms with Crippen molar-refractivity contribution < 1.29 is 5.11 Å². The largest absolute Gasteiger partial charge is 0.392 e. The fourth-order valence-corrected chi connectivity index (χ4v) is 2.00. The fraction of sp³-hybridized carbons (Fsp3) is 1.00. The third kappa shape index (κ3) is 1.94. The second kappa shape index (κ2) is 3.57. The molecule has 1 nitrogen and oxygen atoms in total. The van der Waals surface area contributed by atoms with E-state index >= 15 is 0 Å². The quantitative estimate of drug-likeness (QED) is 0.664. The monoisotopic (exact) mass is 192 g/mol. The van der Waals surface area contributed by atoms with Crippen LogP contribution in [0.3, 0.4) is 0 Å². The molecule has 0 aromatic carbocycles. The van der Waals surface area contributed by atoms with E-state index < -0.39 is 0 Å². The molecule has 1 aliphatic rings. The number of hydrogen-bond acceptors (Lipinski definition) is 1. The van der Waals surface area contributed by atoms with Gasteiger partial charge in [0.25, 0.3) is 0 Å². The van der Waals surface area contributed by atoms with E-state index in [9.17, 15) is 5.11 Å². The standard InChI is InChI=1S/C7H13BrO/c8-5-7(9)6-3-1-2-4-6/h6-7,9H,1-5H2. The van der Waals surface area contributed by atoms with Gasteiger partial charge in [-0.2, -0.15) is 0 Å². The van der Waals surface area contributed by atoms with Crippen molar-refractivity contribution in [1.29, 1.82) is 0 Å². The van der Waals surface area contributed by atoms with Crippen molar-refractivity contribution in [3.05, 3.63) is 0 Å². The summed E-state index contributed by atoms with van der Waals surface area (Å²) in [6.07, 6.45) is 5.00. The molecule has 1 N–H and O–H groups in total. The highest BCUT2D eigenvalue weighted by Gasteiger charge is 2.21. The van der Waals surface area contributed by atoms with Crippen LogP contribution in [0.15, 0.2) is 0 Å². The van der Waals surface area contributed by atoms with Crippen molar-refractivity contribution in [1.82, 2.24) is 0 Å². The minimum Gasteiger partial charge on any atom is -0.392 e. The van der Waals surface area contributed by atoms with E-state index in [1.165, 1.54) is 25.7 Å². The third-order valence-electron chi connectivity index (χ3n) is 2.10. The molecule has 2 heteroatoms. The van der Waals surface area contributed by atoms with Crippen LogP contribution in [-0.2, 0) is 0 Å². The molecule has 0 aliphatic heterocycles. The lowest BCUT2D eigenvalue weighted by molar-refractivity contribution is 0.134. The second-order valence-electron chi connectivity index (χ2n) is 2.77. The van der Waals surface area contributed by atoms with Gasteiger partial charge >= 0.3 is 0 Å². The zero-order valence-electron chi connectivity index (χ0n) is 5.52. The van der Waals surface area contributed by atoms with Gasteiger partial charge in [0.1, 0.15) is 0 Å². The van der Waals surface area contributed by atoms with Crippen LogP contribution in [0.1, 0.15) is 25.7 Å². The highest BCUT2D eigenvalue weighted by atomic mass is 79.9. The summed E-state index contributed by atoms with van der Waals surface area (Å²) in [5.41, 5.74) is 0. The van der Waals surface area contributed by atoms with Crippen LogP contribution in [0.4, 0.5) is 0 Å². The molecule has 0 aromatic rings. The molecule has 9 heavy (non-hydrogen) atoms. The molecule has 0 heterocycles. The van der Waals surface area contributed by atoms with E-state index in [1.54, 1.807) is 0 Å². The summed E-state index contributed by atoms with van der Waals surface area (Å²) in [6, 6.07) is 0. The lowest BCUT2D eigenvalue weighted by Crippen LogP contribution is -2.18. The van der Waals surface area contributed by atoms with Gasteiger partial charge in [-0.3, -0.25) is 0 Å². The molecule has 1 fully saturated rings. The maximum absolute atomic E-state index is 9.31. The van der Waals surface area contributed by atoms with Gasteiger partial charge in [0.15, 0.2) is 0 Å². The predicted molar refractivity (Wildman–Crippen MR) is 41.8 cm³/mol. The normalized spacial score (nSPS) is 24.7. The maximum Gasteiger partial charge on any atom is 0.0665 e. The summed E-state index contributed by atoms with van der Waals surface area (Å²) in [5, 5.41) is 10.1. The zero-order valence-corrected chi connectivity index (χ0v) is 7.10. The maximum atomic E-state index is 9.31. The molecule has 0 saturated heterocycles. The Morgan fingerprint density at radius 2 is 2.00 bits per heavy atom. The van der Waals surface area contributed by atoms with Crippen molar-refractivity contribution in [2.45, 2.75) is 31.8 Å². The van der Waals surface area contributed by atoms with Gasteiger partial charge in [-0.25, -0.2) is 0 Å². The highest BCUT2D eigenvalue weighted by Crippen LogP contribution is 2.28.